The van der Waals surface area contributed by atoms with E-state index in [0.717, 1.165) is 27.8 Å². The molecule has 0 atom stereocenters. The van der Waals surface area contributed by atoms with Crippen LogP contribution in [0.1, 0.15) is 18.1 Å². The summed E-state index contributed by atoms with van der Waals surface area (Å²) in [7, 11) is 0. The van der Waals surface area contributed by atoms with Gasteiger partial charge in [-0.05, 0) is 109 Å². The van der Waals surface area contributed by atoms with E-state index in [2.05, 4.69) is 129 Å². The van der Waals surface area contributed by atoms with E-state index in [1.54, 1.807) is 6.08 Å². The van der Waals surface area contributed by atoms with Crippen LogP contribution >= 0.6 is 0 Å². The number of fused-ring (bicyclic) bond motifs is 3. The molecule has 0 bridgehead atoms. The molecule has 0 saturated carbocycles. The molecule has 0 aliphatic rings. The molecule has 1 nitrogen and oxygen atoms in total. The number of hydrogen-bond acceptors (Lipinski definition) is 1. The van der Waals surface area contributed by atoms with Gasteiger partial charge in [-0.2, -0.15) is 0 Å². The van der Waals surface area contributed by atoms with E-state index in [4.69, 9.17) is 5.41 Å². The summed E-state index contributed by atoms with van der Waals surface area (Å²) in [6.07, 6.45) is 7.06. The van der Waals surface area contributed by atoms with Crippen LogP contribution in [-0.2, 0) is 0 Å². The molecule has 0 heterocycles. The molecular weight excluding hydrogens is 506 g/mol. The molecule has 0 unspecified atom stereocenters. The molecule has 0 aromatic heterocycles. The number of rotatable bonds is 7. The van der Waals surface area contributed by atoms with Crippen molar-refractivity contribution in [2.75, 3.05) is 0 Å². The summed E-state index contributed by atoms with van der Waals surface area (Å²) in [6.45, 7) is 12.4. The lowest BCUT2D eigenvalue weighted by molar-refractivity contribution is 1.49. The summed E-state index contributed by atoms with van der Waals surface area (Å²) >= 11 is 0. The Morgan fingerprint density at radius 1 is 0.643 bits per heavy atom. The number of aryl methyl sites for hydroxylation is 1. The van der Waals surface area contributed by atoms with Crippen molar-refractivity contribution in [3.05, 3.63) is 163 Å². The second kappa shape index (κ2) is 11.3. The van der Waals surface area contributed by atoms with Crippen LogP contribution < -0.4 is 0 Å². The molecule has 6 aromatic carbocycles. The Kier molecular flexibility index (Phi) is 7.25. The summed E-state index contributed by atoms with van der Waals surface area (Å²) in [5.41, 5.74) is 9.68. The zero-order valence-electron chi connectivity index (χ0n) is 24.1. The van der Waals surface area contributed by atoms with E-state index in [1.165, 1.54) is 60.8 Å². The van der Waals surface area contributed by atoms with Crippen molar-refractivity contribution in [3.63, 3.8) is 0 Å². The highest BCUT2D eigenvalue weighted by molar-refractivity contribution is 6.21. The molecule has 6 rings (SSSR count). The summed E-state index contributed by atoms with van der Waals surface area (Å²) in [5, 5.41) is 15.3. The van der Waals surface area contributed by atoms with Crippen LogP contribution in [-0.4, -0.2) is 6.21 Å². The summed E-state index contributed by atoms with van der Waals surface area (Å²) in [5.74, 6) is 0. The van der Waals surface area contributed by atoms with E-state index in [-0.39, 0.29) is 0 Å². The highest BCUT2D eigenvalue weighted by Crippen LogP contribution is 2.44. The lowest BCUT2D eigenvalue weighted by Gasteiger charge is -2.18. The maximum Gasteiger partial charge on any atom is 0.0256 e. The van der Waals surface area contributed by atoms with Gasteiger partial charge in [0.2, 0.25) is 0 Å². The zero-order valence-corrected chi connectivity index (χ0v) is 24.1. The minimum atomic E-state index is 0.786. The van der Waals surface area contributed by atoms with Gasteiger partial charge in [0.15, 0.2) is 0 Å². The molecular formula is C41H33N. The fourth-order valence-electron chi connectivity index (χ4n) is 6.03. The number of benzene rings is 6. The predicted octanol–water partition coefficient (Wildman–Crippen LogP) is 11.5. The molecule has 0 spiro atoms. The molecule has 1 heteroatoms. The smallest absolute Gasteiger partial charge is 0.0256 e. The maximum absolute atomic E-state index is 7.93. The molecule has 0 aliphatic carbocycles. The quantitative estimate of drug-likeness (QED) is 0.118. The Hall–Kier alpha value is -5.27. The van der Waals surface area contributed by atoms with Crippen LogP contribution in [0.3, 0.4) is 0 Å². The number of allylic oxidation sites excluding steroid dienone is 6. The van der Waals surface area contributed by atoms with Gasteiger partial charge in [0.05, 0.1) is 0 Å². The van der Waals surface area contributed by atoms with Crippen molar-refractivity contribution in [1.29, 1.82) is 5.41 Å². The van der Waals surface area contributed by atoms with Gasteiger partial charge in [0.1, 0.15) is 0 Å². The minimum absolute atomic E-state index is 0.786. The van der Waals surface area contributed by atoms with Gasteiger partial charge in [-0.15, -0.1) is 0 Å². The van der Waals surface area contributed by atoms with Crippen LogP contribution in [0, 0.1) is 12.3 Å². The predicted molar refractivity (Wildman–Crippen MR) is 184 cm³/mol. The standard InChI is InChI=1S/C41H33N/c1-5-29(6-2)35(26-42)23-28(4)30-12-11-13-33(24-30)40-36-14-7-9-16-38(36)41(39-17-10-8-15-37(39)40)34-21-20-31-22-27(3)18-19-32(31)25-34/h5-26,42H,1,4H2,2-3H3/b29-6+,35-23+,42-26?. The Morgan fingerprint density at radius 2 is 1.21 bits per heavy atom. The average Bonchev–Trinajstić information content (AvgIpc) is 3.03. The maximum atomic E-state index is 7.93. The first-order valence-electron chi connectivity index (χ1n) is 14.3. The number of hydrogen-bond donors (Lipinski definition) is 1. The molecule has 42 heavy (non-hydrogen) atoms. The van der Waals surface area contributed by atoms with Crippen molar-refractivity contribution in [1.82, 2.24) is 0 Å². The summed E-state index contributed by atoms with van der Waals surface area (Å²) < 4.78 is 0. The van der Waals surface area contributed by atoms with Crippen LogP contribution in [0.2, 0.25) is 0 Å². The van der Waals surface area contributed by atoms with Gasteiger partial charge < -0.3 is 5.41 Å². The van der Waals surface area contributed by atoms with Gasteiger partial charge in [0.25, 0.3) is 0 Å². The Morgan fingerprint density at radius 3 is 1.79 bits per heavy atom. The summed E-state index contributed by atoms with van der Waals surface area (Å²) in [4.78, 5) is 0. The van der Waals surface area contributed by atoms with Crippen LogP contribution in [0.4, 0.5) is 0 Å². The van der Waals surface area contributed by atoms with Crippen molar-refractivity contribution in [3.8, 4) is 22.3 Å². The van der Waals surface area contributed by atoms with Crippen molar-refractivity contribution in [2.24, 2.45) is 0 Å². The van der Waals surface area contributed by atoms with E-state index in [0.29, 0.717) is 0 Å². The Labute approximate surface area is 248 Å². The van der Waals surface area contributed by atoms with E-state index in [9.17, 15) is 0 Å². The molecule has 0 radical (unpaired) electrons. The third kappa shape index (κ3) is 4.80. The lowest BCUT2D eigenvalue weighted by atomic mass is 9.85. The molecule has 6 aromatic rings. The highest BCUT2D eigenvalue weighted by Gasteiger charge is 2.17. The second-order valence-corrected chi connectivity index (χ2v) is 10.7. The first kappa shape index (κ1) is 26.9. The fraction of sp³-hybridized carbons (Fsp3) is 0.0488. The third-order valence-electron chi connectivity index (χ3n) is 8.09. The van der Waals surface area contributed by atoms with E-state index >= 15 is 0 Å². The van der Waals surface area contributed by atoms with E-state index in [1.807, 2.05) is 19.1 Å². The molecule has 1 N–H and O–H groups in total. The number of nitrogens with one attached hydrogen (secondary N) is 1. The fourth-order valence-corrected chi connectivity index (χ4v) is 6.03. The monoisotopic (exact) mass is 539 g/mol. The second-order valence-electron chi connectivity index (χ2n) is 10.7. The Bertz CT molecular complexity index is 2040. The largest absolute Gasteiger partial charge is 0.308 e. The van der Waals surface area contributed by atoms with Crippen molar-refractivity contribution < 1.29 is 0 Å². The van der Waals surface area contributed by atoms with Gasteiger partial charge in [-0.3, -0.25) is 0 Å². The van der Waals surface area contributed by atoms with Gasteiger partial charge in [0, 0.05) is 6.21 Å². The topological polar surface area (TPSA) is 23.9 Å². The molecule has 0 fully saturated rings. The van der Waals surface area contributed by atoms with Crippen molar-refractivity contribution >= 4 is 44.1 Å². The molecule has 0 aliphatic heterocycles. The third-order valence-corrected chi connectivity index (χ3v) is 8.09. The lowest BCUT2D eigenvalue weighted by Crippen LogP contribution is -1.92. The highest BCUT2D eigenvalue weighted by atomic mass is 14.3. The minimum Gasteiger partial charge on any atom is -0.308 e. The zero-order chi connectivity index (χ0) is 29.2. The van der Waals surface area contributed by atoms with E-state index < -0.39 is 0 Å². The molecule has 0 saturated heterocycles. The SMILES string of the molecule is C=CC(=C\C)/C(C=N)=C/C(=C)c1cccc(-c2c3ccccc3c(-c3ccc4cc(C)ccc4c3)c3ccccc23)c1. The molecule has 0 amide bonds. The van der Waals surface area contributed by atoms with Crippen LogP contribution in [0.25, 0.3) is 60.1 Å². The first-order chi connectivity index (χ1) is 20.5. The first-order valence-corrected chi connectivity index (χ1v) is 14.3. The van der Waals surface area contributed by atoms with Gasteiger partial charge >= 0.3 is 0 Å². The van der Waals surface area contributed by atoms with Crippen LogP contribution in [0.5, 0.6) is 0 Å². The van der Waals surface area contributed by atoms with Crippen molar-refractivity contribution in [2.45, 2.75) is 13.8 Å². The average molecular weight is 540 g/mol. The normalized spacial score (nSPS) is 12.1. The molecule has 202 valence electrons. The van der Waals surface area contributed by atoms with Gasteiger partial charge in [-0.25, -0.2) is 0 Å². The van der Waals surface area contributed by atoms with Crippen LogP contribution in [0.15, 0.2) is 152 Å². The van der Waals surface area contributed by atoms with Gasteiger partial charge in [-0.1, -0.05) is 128 Å². The summed E-state index contributed by atoms with van der Waals surface area (Å²) in [6, 6.07) is 39.6. The Balaban J connectivity index is 1.58.